The van der Waals surface area contributed by atoms with Crippen LogP contribution in [-0.4, -0.2) is 19.0 Å². The molecular formula is C14H24N2O. The molecule has 3 N–H and O–H groups in total. The van der Waals surface area contributed by atoms with Crippen molar-refractivity contribution in [2.45, 2.75) is 44.9 Å². The second kappa shape index (κ2) is 4.27. The number of nitrogens with two attached hydrogens (primary N) is 1. The summed E-state index contributed by atoms with van der Waals surface area (Å²) >= 11 is 0. The summed E-state index contributed by atoms with van der Waals surface area (Å²) in [6.07, 6.45) is 8.70. The zero-order valence-corrected chi connectivity index (χ0v) is 10.6. The lowest BCUT2D eigenvalue weighted by Crippen LogP contribution is -2.37. The van der Waals surface area contributed by atoms with Gasteiger partial charge < -0.3 is 11.1 Å². The fourth-order valence-corrected chi connectivity index (χ4v) is 3.97. The minimum Gasteiger partial charge on any atom is -0.355 e. The average molecular weight is 236 g/mol. The Morgan fingerprint density at radius 1 is 1.29 bits per heavy atom. The fraction of sp³-hybridized carbons (Fsp3) is 0.929. The molecule has 3 fully saturated rings. The topological polar surface area (TPSA) is 55.1 Å². The van der Waals surface area contributed by atoms with Crippen LogP contribution in [0.5, 0.6) is 0 Å². The van der Waals surface area contributed by atoms with Crippen LogP contribution >= 0.6 is 0 Å². The summed E-state index contributed by atoms with van der Waals surface area (Å²) in [4.78, 5) is 12.2. The predicted molar refractivity (Wildman–Crippen MR) is 67.3 cm³/mol. The minimum atomic E-state index is 0.334. The molecule has 0 radical (unpaired) electrons. The highest BCUT2D eigenvalue weighted by molar-refractivity contribution is 5.79. The van der Waals surface area contributed by atoms with Crippen molar-refractivity contribution in [2.24, 2.45) is 28.9 Å². The maximum atomic E-state index is 12.2. The van der Waals surface area contributed by atoms with E-state index < -0.39 is 0 Å². The molecule has 17 heavy (non-hydrogen) atoms. The number of hydrogen-bond donors (Lipinski definition) is 2. The van der Waals surface area contributed by atoms with Crippen LogP contribution in [0.25, 0.3) is 0 Å². The Morgan fingerprint density at radius 3 is 2.65 bits per heavy atom. The Morgan fingerprint density at radius 2 is 2.12 bits per heavy atom. The maximum Gasteiger partial charge on any atom is 0.223 e. The smallest absolute Gasteiger partial charge is 0.223 e. The van der Waals surface area contributed by atoms with Gasteiger partial charge in [0.2, 0.25) is 5.91 Å². The van der Waals surface area contributed by atoms with Gasteiger partial charge in [-0.2, -0.15) is 0 Å². The first-order valence-electron chi connectivity index (χ1n) is 7.20. The Balaban J connectivity index is 1.48. The normalized spacial score (nSPS) is 37.1. The number of nitrogens with one attached hydrogen (secondary N) is 1. The lowest BCUT2D eigenvalue weighted by atomic mass is 9.88. The van der Waals surface area contributed by atoms with Gasteiger partial charge in [0, 0.05) is 12.5 Å². The van der Waals surface area contributed by atoms with Crippen molar-refractivity contribution in [1.82, 2.24) is 5.32 Å². The van der Waals surface area contributed by atoms with E-state index in [1.807, 2.05) is 0 Å². The first-order valence-corrected chi connectivity index (χ1v) is 7.20. The van der Waals surface area contributed by atoms with Crippen molar-refractivity contribution >= 4 is 5.91 Å². The van der Waals surface area contributed by atoms with Gasteiger partial charge in [0.05, 0.1) is 0 Å². The zero-order valence-electron chi connectivity index (χ0n) is 10.6. The summed E-state index contributed by atoms with van der Waals surface area (Å²) in [5, 5.41) is 3.20. The van der Waals surface area contributed by atoms with Crippen molar-refractivity contribution in [1.29, 1.82) is 0 Å². The Kier molecular flexibility index (Phi) is 2.89. The lowest BCUT2D eigenvalue weighted by Gasteiger charge is -2.22. The highest BCUT2D eigenvalue weighted by Gasteiger charge is 2.45. The SMILES string of the molecule is NCCC1(CNC(=O)C2CC3CCC2C3)CC1. The number of carbonyl (C=O) groups is 1. The van der Waals surface area contributed by atoms with Crippen LogP contribution in [0.4, 0.5) is 0 Å². The third-order valence-electron chi connectivity index (χ3n) is 5.34. The lowest BCUT2D eigenvalue weighted by molar-refractivity contribution is -0.126. The molecular weight excluding hydrogens is 212 g/mol. The molecule has 3 rings (SSSR count). The summed E-state index contributed by atoms with van der Waals surface area (Å²) in [7, 11) is 0. The van der Waals surface area contributed by atoms with E-state index in [-0.39, 0.29) is 0 Å². The zero-order chi connectivity index (χ0) is 11.9. The van der Waals surface area contributed by atoms with Gasteiger partial charge in [0.1, 0.15) is 0 Å². The Labute approximate surface area is 104 Å². The summed E-state index contributed by atoms with van der Waals surface area (Å²) in [5.74, 6) is 2.22. The molecule has 3 aliphatic carbocycles. The Bertz CT molecular complexity index is 311. The van der Waals surface area contributed by atoms with Gasteiger partial charge in [-0.05, 0) is 62.3 Å². The number of fused-ring (bicyclic) bond motifs is 2. The average Bonchev–Trinajstić information content (AvgIpc) is 2.79. The van der Waals surface area contributed by atoms with Crippen molar-refractivity contribution in [2.75, 3.05) is 13.1 Å². The largest absolute Gasteiger partial charge is 0.355 e. The van der Waals surface area contributed by atoms with Crippen LogP contribution in [0.1, 0.15) is 44.9 Å². The molecule has 1 amide bonds. The molecule has 0 spiro atoms. The molecule has 0 aliphatic heterocycles. The molecule has 3 aliphatic rings. The Hall–Kier alpha value is -0.570. The molecule has 3 nitrogen and oxygen atoms in total. The van der Waals surface area contributed by atoms with Gasteiger partial charge in [-0.15, -0.1) is 0 Å². The van der Waals surface area contributed by atoms with Crippen LogP contribution in [0.2, 0.25) is 0 Å². The van der Waals surface area contributed by atoms with Crippen LogP contribution in [-0.2, 0) is 4.79 Å². The van der Waals surface area contributed by atoms with E-state index in [1.54, 1.807) is 0 Å². The van der Waals surface area contributed by atoms with Crippen LogP contribution in [0.15, 0.2) is 0 Å². The molecule has 3 heteroatoms. The molecule has 0 aromatic carbocycles. The van der Waals surface area contributed by atoms with Crippen molar-refractivity contribution in [3.05, 3.63) is 0 Å². The second-order valence-electron chi connectivity index (χ2n) is 6.54. The van der Waals surface area contributed by atoms with Crippen molar-refractivity contribution < 1.29 is 4.79 Å². The number of rotatable bonds is 5. The van der Waals surface area contributed by atoms with Gasteiger partial charge in [-0.25, -0.2) is 0 Å². The van der Waals surface area contributed by atoms with Gasteiger partial charge in [0.25, 0.3) is 0 Å². The fourth-order valence-electron chi connectivity index (χ4n) is 3.97. The molecule has 96 valence electrons. The van der Waals surface area contributed by atoms with E-state index in [2.05, 4.69) is 5.32 Å². The number of hydrogen-bond acceptors (Lipinski definition) is 2. The predicted octanol–water partition coefficient (Wildman–Crippen LogP) is 1.67. The van der Waals surface area contributed by atoms with Crippen molar-refractivity contribution in [3.8, 4) is 0 Å². The van der Waals surface area contributed by atoms with Crippen LogP contribution in [0.3, 0.4) is 0 Å². The summed E-state index contributed by atoms with van der Waals surface area (Å²) in [6.45, 7) is 1.63. The third kappa shape index (κ3) is 2.22. The van der Waals surface area contributed by atoms with Crippen molar-refractivity contribution in [3.63, 3.8) is 0 Å². The molecule has 0 aromatic heterocycles. The van der Waals surface area contributed by atoms with E-state index in [0.717, 1.165) is 31.8 Å². The van der Waals surface area contributed by atoms with Crippen LogP contribution in [0, 0.1) is 23.2 Å². The van der Waals surface area contributed by atoms with E-state index in [0.29, 0.717) is 23.2 Å². The quantitative estimate of drug-likeness (QED) is 0.763. The monoisotopic (exact) mass is 236 g/mol. The number of carbonyl (C=O) groups excluding carboxylic acids is 1. The summed E-state index contributed by atoms with van der Waals surface area (Å²) in [6, 6.07) is 0. The van der Waals surface area contributed by atoms with Gasteiger partial charge in [0.15, 0.2) is 0 Å². The van der Waals surface area contributed by atoms with E-state index in [1.165, 1.54) is 32.1 Å². The van der Waals surface area contributed by atoms with E-state index >= 15 is 0 Å². The molecule has 0 heterocycles. The molecule has 3 atom stereocenters. The number of amides is 1. The molecule has 2 bridgehead atoms. The second-order valence-corrected chi connectivity index (χ2v) is 6.54. The van der Waals surface area contributed by atoms with Gasteiger partial charge >= 0.3 is 0 Å². The van der Waals surface area contributed by atoms with Gasteiger partial charge in [-0.3, -0.25) is 4.79 Å². The highest BCUT2D eigenvalue weighted by atomic mass is 16.1. The minimum absolute atomic E-state index is 0.334. The standard InChI is InChI=1S/C14H24N2O/c15-6-5-14(3-4-14)9-16-13(17)12-8-10-1-2-11(12)7-10/h10-12H,1-9,15H2,(H,16,17). The van der Waals surface area contributed by atoms with Gasteiger partial charge in [-0.1, -0.05) is 6.42 Å². The van der Waals surface area contributed by atoms with E-state index in [9.17, 15) is 4.79 Å². The van der Waals surface area contributed by atoms with Crippen LogP contribution < -0.4 is 11.1 Å². The van der Waals surface area contributed by atoms with E-state index in [4.69, 9.17) is 5.73 Å². The summed E-state index contributed by atoms with van der Waals surface area (Å²) < 4.78 is 0. The molecule has 0 saturated heterocycles. The maximum absolute atomic E-state index is 12.2. The molecule has 3 saturated carbocycles. The molecule has 0 aromatic rings. The summed E-state index contributed by atoms with van der Waals surface area (Å²) in [5.41, 5.74) is 6.00. The first kappa shape index (κ1) is 11.5. The first-order chi connectivity index (χ1) is 8.22. The molecule has 3 unspecified atom stereocenters. The highest BCUT2D eigenvalue weighted by Crippen LogP contribution is 2.49. The third-order valence-corrected chi connectivity index (χ3v) is 5.34.